The molecule has 0 bridgehead atoms. The molecule has 2 rings (SSSR count). The zero-order valence-electron chi connectivity index (χ0n) is 14.2. The number of hydrogen-bond acceptors (Lipinski definition) is 3. The van der Waals surface area contributed by atoms with Gasteiger partial charge < -0.3 is 5.11 Å². The molecule has 3 amide bonds. The van der Waals surface area contributed by atoms with Crippen LogP contribution >= 0.6 is 0 Å². The summed E-state index contributed by atoms with van der Waals surface area (Å²) in [6, 6.07) is -0.393. The van der Waals surface area contributed by atoms with E-state index in [2.05, 4.69) is 0 Å². The molecule has 118 valence electrons. The summed E-state index contributed by atoms with van der Waals surface area (Å²) in [6.45, 7) is 10.9. The van der Waals surface area contributed by atoms with Gasteiger partial charge in [0.25, 0.3) is 5.91 Å². The summed E-state index contributed by atoms with van der Waals surface area (Å²) >= 11 is 0. The van der Waals surface area contributed by atoms with Crippen LogP contribution in [0.25, 0.3) is 0 Å². The van der Waals surface area contributed by atoms with Gasteiger partial charge in [0.05, 0.1) is 5.69 Å². The fourth-order valence-electron chi connectivity index (χ4n) is 2.97. The Labute approximate surface area is 130 Å². The molecule has 5 heteroatoms. The number of carbonyl (C=O) groups is 2. The molecule has 1 heterocycles. The summed E-state index contributed by atoms with van der Waals surface area (Å²) in [5.74, 6) is -0.214. The Morgan fingerprint density at radius 1 is 0.909 bits per heavy atom. The van der Waals surface area contributed by atoms with Crippen LogP contribution in [-0.2, 0) is 4.79 Å². The normalized spacial score (nSPS) is 15.1. The Morgan fingerprint density at radius 3 is 1.91 bits per heavy atom. The van der Waals surface area contributed by atoms with Gasteiger partial charge in [-0.15, -0.1) is 0 Å². The van der Waals surface area contributed by atoms with Crippen LogP contribution in [0.4, 0.5) is 10.5 Å². The molecule has 5 nitrogen and oxygen atoms in total. The molecule has 0 unspecified atom stereocenters. The van der Waals surface area contributed by atoms with Crippen LogP contribution in [0.3, 0.4) is 0 Å². The second kappa shape index (κ2) is 5.16. The zero-order valence-corrected chi connectivity index (χ0v) is 14.2. The molecule has 1 aliphatic rings. The van der Waals surface area contributed by atoms with Gasteiger partial charge in [-0.3, -0.25) is 9.69 Å². The molecule has 0 aromatic heterocycles. The Hall–Kier alpha value is -2.30. The first-order valence-corrected chi connectivity index (χ1v) is 7.20. The third kappa shape index (κ3) is 2.00. The number of benzene rings is 1. The average molecular weight is 302 g/mol. The molecule has 0 atom stereocenters. The standard InChI is InChI=1S/C17H22N2O3/c1-8(2)13-16(21)19(17(22)18(13)7)14-10(4)9(3)11(5)15(20)12(14)6/h20H,1-7H3. The maximum atomic E-state index is 12.7. The number of nitrogens with zero attached hydrogens (tertiary/aromatic N) is 2. The van der Waals surface area contributed by atoms with Crippen LogP contribution in [0.5, 0.6) is 5.75 Å². The number of imide groups is 1. The largest absolute Gasteiger partial charge is 0.507 e. The van der Waals surface area contributed by atoms with Crippen molar-refractivity contribution in [1.29, 1.82) is 0 Å². The van der Waals surface area contributed by atoms with Crippen molar-refractivity contribution < 1.29 is 14.7 Å². The number of carbonyl (C=O) groups excluding carboxylic acids is 2. The first-order valence-electron chi connectivity index (χ1n) is 7.20. The zero-order chi connectivity index (χ0) is 16.9. The molecule has 1 aliphatic heterocycles. The van der Waals surface area contributed by atoms with Crippen molar-refractivity contribution in [2.75, 3.05) is 11.9 Å². The van der Waals surface area contributed by atoms with Gasteiger partial charge in [-0.05, 0) is 63.8 Å². The van der Waals surface area contributed by atoms with Crippen molar-refractivity contribution in [2.45, 2.75) is 41.5 Å². The number of amides is 3. The number of anilines is 1. The first kappa shape index (κ1) is 16.1. The molecule has 1 N–H and O–H groups in total. The van der Waals surface area contributed by atoms with Crippen molar-refractivity contribution in [3.8, 4) is 5.75 Å². The molecule has 0 spiro atoms. The fourth-order valence-corrected chi connectivity index (χ4v) is 2.97. The van der Waals surface area contributed by atoms with Crippen LogP contribution in [0, 0.1) is 27.7 Å². The summed E-state index contributed by atoms with van der Waals surface area (Å²) in [6.07, 6.45) is 0. The Kier molecular flexibility index (Phi) is 3.77. The van der Waals surface area contributed by atoms with E-state index < -0.39 is 6.03 Å². The van der Waals surface area contributed by atoms with E-state index in [1.54, 1.807) is 27.8 Å². The van der Waals surface area contributed by atoms with Crippen molar-refractivity contribution in [3.63, 3.8) is 0 Å². The van der Waals surface area contributed by atoms with Crippen molar-refractivity contribution in [3.05, 3.63) is 33.5 Å². The van der Waals surface area contributed by atoms with Gasteiger partial charge in [-0.25, -0.2) is 9.69 Å². The topological polar surface area (TPSA) is 60.9 Å². The van der Waals surface area contributed by atoms with E-state index in [4.69, 9.17) is 0 Å². The number of likely N-dealkylation sites (N-methyl/N-ethyl adjacent to an activating group) is 1. The maximum absolute atomic E-state index is 12.7. The highest BCUT2D eigenvalue weighted by Crippen LogP contribution is 2.40. The molecule has 1 fully saturated rings. The highest BCUT2D eigenvalue weighted by Gasteiger charge is 2.42. The van der Waals surface area contributed by atoms with Gasteiger partial charge in [0, 0.05) is 12.6 Å². The third-order valence-electron chi connectivity index (χ3n) is 4.46. The lowest BCUT2D eigenvalue weighted by molar-refractivity contribution is -0.114. The Morgan fingerprint density at radius 2 is 1.45 bits per heavy atom. The molecule has 1 aromatic carbocycles. The maximum Gasteiger partial charge on any atom is 0.336 e. The monoisotopic (exact) mass is 302 g/mol. The van der Waals surface area contributed by atoms with Gasteiger partial charge >= 0.3 is 6.03 Å². The minimum absolute atomic E-state index is 0.131. The number of phenols is 1. The van der Waals surface area contributed by atoms with Crippen LogP contribution in [0.2, 0.25) is 0 Å². The fraction of sp³-hybridized carbons (Fsp3) is 0.412. The quantitative estimate of drug-likeness (QED) is 0.639. The van der Waals surface area contributed by atoms with Gasteiger partial charge in [0.1, 0.15) is 11.4 Å². The SMILES string of the molecule is CC(C)=C1C(=O)N(c2c(C)c(C)c(C)c(O)c2C)C(=O)N1C. The average Bonchev–Trinajstić information content (AvgIpc) is 2.67. The number of phenolic OH excluding ortho intramolecular Hbond substituents is 1. The van der Waals surface area contributed by atoms with E-state index in [-0.39, 0.29) is 11.7 Å². The second-order valence-electron chi connectivity index (χ2n) is 6.03. The van der Waals surface area contributed by atoms with Crippen molar-refractivity contribution >= 4 is 17.6 Å². The van der Waals surface area contributed by atoms with E-state index in [0.29, 0.717) is 16.9 Å². The predicted octanol–water partition coefficient (Wildman–Crippen LogP) is 3.32. The molecule has 0 aliphatic carbocycles. The summed E-state index contributed by atoms with van der Waals surface area (Å²) in [5.41, 5.74) is 4.69. The predicted molar refractivity (Wildman–Crippen MR) is 86.1 cm³/mol. The van der Waals surface area contributed by atoms with Gasteiger partial charge in [0.15, 0.2) is 0 Å². The number of aromatic hydroxyl groups is 1. The Bertz CT molecular complexity index is 699. The molecule has 0 radical (unpaired) electrons. The lowest BCUT2D eigenvalue weighted by atomic mass is 9.96. The van der Waals surface area contributed by atoms with E-state index in [9.17, 15) is 14.7 Å². The summed E-state index contributed by atoms with van der Waals surface area (Å²) in [7, 11) is 1.59. The van der Waals surface area contributed by atoms with Gasteiger partial charge in [0.2, 0.25) is 0 Å². The lowest BCUT2D eigenvalue weighted by Crippen LogP contribution is -2.32. The van der Waals surface area contributed by atoms with E-state index in [1.807, 2.05) is 20.8 Å². The van der Waals surface area contributed by atoms with E-state index >= 15 is 0 Å². The van der Waals surface area contributed by atoms with E-state index in [1.165, 1.54) is 9.80 Å². The minimum atomic E-state index is -0.393. The number of urea groups is 1. The molecule has 0 saturated carbocycles. The van der Waals surface area contributed by atoms with Gasteiger partial charge in [-0.1, -0.05) is 0 Å². The van der Waals surface area contributed by atoms with Crippen LogP contribution < -0.4 is 4.90 Å². The lowest BCUT2D eigenvalue weighted by Gasteiger charge is -2.22. The minimum Gasteiger partial charge on any atom is -0.507 e. The number of hydrogen-bond donors (Lipinski definition) is 1. The van der Waals surface area contributed by atoms with Crippen LogP contribution in [0.1, 0.15) is 36.1 Å². The first-order chi connectivity index (χ1) is 10.1. The summed E-state index contributed by atoms with van der Waals surface area (Å²) in [4.78, 5) is 27.8. The van der Waals surface area contributed by atoms with Crippen molar-refractivity contribution in [2.24, 2.45) is 0 Å². The smallest absolute Gasteiger partial charge is 0.336 e. The summed E-state index contributed by atoms with van der Waals surface area (Å²) < 4.78 is 0. The molecule has 1 saturated heterocycles. The summed E-state index contributed by atoms with van der Waals surface area (Å²) in [5, 5.41) is 10.3. The third-order valence-corrected chi connectivity index (χ3v) is 4.46. The van der Waals surface area contributed by atoms with E-state index in [0.717, 1.165) is 22.3 Å². The highest BCUT2D eigenvalue weighted by molar-refractivity contribution is 6.27. The molecular weight excluding hydrogens is 280 g/mol. The second-order valence-corrected chi connectivity index (χ2v) is 6.03. The molecular formula is C17H22N2O3. The van der Waals surface area contributed by atoms with Gasteiger partial charge in [-0.2, -0.15) is 0 Å². The number of allylic oxidation sites excluding steroid dienone is 1. The van der Waals surface area contributed by atoms with Crippen LogP contribution in [-0.4, -0.2) is 29.0 Å². The number of rotatable bonds is 1. The highest BCUT2D eigenvalue weighted by atomic mass is 16.3. The Balaban J connectivity index is 2.76. The molecule has 22 heavy (non-hydrogen) atoms. The van der Waals surface area contributed by atoms with Crippen molar-refractivity contribution in [1.82, 2.24) is 4.90 Å². The van der Waals surface area contributed by atoms with Crippen LogP contribution in [0.15, 0.2) is 11.3 Å². The molecule has 1 aromatic rings.